The first-order chi connectivity index (χ1) is 12.2. The molecule has 25 heavy (non-hydrogen) atoms. The van der Waals surface area contributed by atoms with Gasteiger partial charge in [-0.15, -0.1) is 5.10 Å². The summed E-state index contributed by atoms with van der Waals surface area (Å²) in [6, 6.07) is 1.72. The van der Waals surface area contributed by atoms with Gasteiger partial charge in [0.1, 0.15) is 0 Å². The van der Waals surface area contributed by atoms with E-state index in [4.69, 9.17) is 4.52 Å². The van der Waals surface area contributed by atoms with Crippen LogP contribution in [0.3, 0.4) is 0 Å². The summed E-state index contributed by atoms with van der Waals surface area (Å²) in [7, 11) is 1.73. The van der Waals surface area contributed by atoms with Crippen LogP contribution in [0.25, 0.3) is 11.6 Å². The van der Waals surface area contributed by atoms with E-state index in [1.165, 1.54) is 16.4 Å². The van der Waals surface area contributed by atoms with Crippen LogP contribution in [0, 0.1) is 0 Å². The Labute approximate surface area is 145 Å². The molecule has 0 unspecified atom stereocenters. The number of aryl methyl sites for hydroxylation is 1. The second-order valence-electron chi connectivity index (χ2n) is 5.40. The molecule has 0 N–H and O–H groups in total. The van der Waals surface area contributed by atoms with Crippen molar-refractivity contribution < 1.29 is 9.32 Å². The normalized spacial score (nSPS) is 14.5. The third-order valence-corrected chi connectivity index (χ3v) is 4.69. The first-order valence-corrected chi connectivity index (χ1v) is 8.43. The SMILES string of the molecule is Cn1nnnc1SCC(=O)N1CC(c2nc(-c3ncccn3)no2)C1. The predicted molar refractivity (Wildman–Crippen MR) is 84.2 cm³/mol. The fraction of sp³-hybridized carbons (Fsp3) is 0.385. The van der Waals surface area contributed by atoms with Crippen molar-refractivity contribution in [2.45, 2.75) is 11.1 Å². The van der Waals surface area contributed by atoms with E-state index in [0.29, 0.717) is 35.8 Å². The van der Waals surface area contributed by atoms with Gasteiger partial charge in [0, 0.05) is 32.5 Å². The maximum atomic E-state index is 12.2. The van der Waals surface area contributed by atoms with Gasteiger partial charge in [0.25, 0.3) is 0 Å². The van der Waals surface area contributed by atoms with Crippen molar-refractivity contribution in [2.75, 3.05) is 18.8 Å². The zero-order valence-electron chi connectivity index (χ0n) is 13.2. The quantitative estimate of drug-likeness (QED) is 0.563. The van der Waals surface area contributed by atoms with Gasteiger partial charge in [-0.2, -0.15) is 4.98 Å². The van der Waals surface area contributed by atoms with Gasteiger partial charge in [-0.1, -0.05) is 16.9 Å². The highest BCUT2D eigenvalue weighted by Crippen LogP contribution is 2.28. The number of hydrogen-bond acceptors (Lipinski definition) is 10. The molecular formula is C13H13N9O2S. The van der Waals surface area contributed by atoms with E-state index in [0.717, 1.165) is 0 Å². The first kappa shape index (κ1) is 15.6. The maximum absolute atomic E-state index is 12.2. The lowest BCUT2D eigenvalue weighted by Gasteiger charge is -2.36. The molecule has 1 aliphatic rings. The Morgan fingerprint density at radius 2 is 2.12 bits per heavy atom. The largest absolute Gasteiger partial charge is 0.340 e. The van der Waals surface area contributed by atoms with Crippen molar-refractivity contribution in [3.63, 3.8) is 0 Å². The fourth-order valence-electron chi connectivity index (χ4n) is 2.31. The molecule has 4 heterocycles. The molecule has 0 saturated carbocycles. The number of carbonyl (C=O) groups excluding carboxylic acids is 1. The Hall–Kier alpha value is -2.89. The fourth-order valence-corrected chi connectivity index (χ4v) is 3.06. The Morgan fingerprint density at radius 1 is 1.32 bits per heavy atom. The van der Waals surface area contributed by atoms with Crippen LogP contribution >= 0.6 is 11.8 Å². The zero-order valence-corrected chi connectivity index (χ0v) is 14.0. The monoisotopic (exact) mass is 359 g/mol. The summed E-state index contributed by atoms with van der Waals surface area (Å²) in [5.74, 6) is 1.61. The minimum Gasteiger partial charge on any atom is -0.340 e. The van der Waals surface area contributed by atoms with Crippen LogP contribution in [0.2, 0.25) is 0 Å². The van der Waals surface area contributed by atoms with Crippen molar-refractivity contribution in [1.29, 1.82) is 0 Å². The average molecular weight is 359 g/mol. The summed E-state index contributed by atoms with van der Waals surface area (Å²) in [6.45, 7) is 1.10. The van der Waals surface area contributed by atoms with E-state index in [1.54, 1.807) is 30.4 Å². The summed E-state index contributed by atoms with van der Waals surface area (Å²) >= 11 is 1.31. The van der Waals surface area contributed by atoms with Gasteiger partial charge in [-0.25, -0.2) is 14.6 Å². The highest BCUT2D eigenvalue weighted by atomic mass is 32.2. The van der Waals surface area contributed by atoms with Crippen molar-refractivity contribution in [2.24, 2.45) is 7.05 Å². The highest BCUT2D eigenvalue weighted by Gasteiger charge is 2.35. The second-order valence-corrected chi connectivity index (χ2v) is 6.34. The average Bonchev–Trinajstić information content (AvgIpc) is 3.22. The molecule has 128 valence electrons. The number of hydrogen-bond donors (Lipinski definition) is 0. The molecule has 1 aliphatic heterocycles. The van der Waals surface area contributed by atoms with E-state index in [2.05, 4.69) is 35.6 Å². The standard InChI is InChI=1S/C13H13N9O2S/c1-21-13(17-19-20-21)25-7-9(23)22-5-8(6-22)12-16-11(18-24-12)10-14-3-2-4-15-10/h2-4,8H,5-7H2,1H3. The summed E-state index contributed by atoms with van der Waals surface area (Å²) in [5.41, 5.74) is 0. The van der Waals surface area contributed by atoms with Gasteiger partial charge in [0.2, 0.25) is 28.6 Å². The minimum atomic E-state index is 0.0235. The molecule has 12 heteroatoms. The molecular weight excluding hydrogens is 346 g/mol. The number of amides is 1. The molecule has 1 saturated heterocycles. The van der Waals surface area contributed by atoms with Gasteiger partial charge < -0.3 is 9.42 Å². The van der Waals surface area contributed by atoms with E-state index in [-0.39, 0.29) is 17.6 Å². The molecule has 0 aromatic carbocycles. The molecule has 0 spiro atoms. The van der Waals surface area contributed by atoms with Crippen molar-refractivity contribution >= 4 is 17.7 Å². The smallest absolute Gasteiger partial charge is 0.240 e. The van der Waals surface area contributed by atoms with Crippen LogP contribution in [-0.2, 0) is 11.8 Å². The van der Waals surface area contributed by atoms with E-state index < -0.39 is 0 Å². The van der Waals surface area contributed by atoms with Gasteiger partial charge in [0.15, 0.2) is 0 Å². The molecule has 0 bridgehead atoms. The van der Waals surface area contributed by atoms with Gasteiger partial charge in [0.05, 0.1) is 11.7 Å². The molecule has 0 radical (unpaired) electrons. The molecule has 3 aromatic heterocycles. The van der Waals surface area contributed by atoms with E-state index >= 15 is 0 Å². The Morgan fingerprint density at radius 3 is 2.84 bits per heavy atom. The number of aromatic nitrogens is 8. The van der Waals surface area contributed by atoms with Gasteiger partial charge >= 0.3 is 0 Å². The lowest BCUT2D eigenvalue weighted by atomic mass is 10.0. The molecule has 1 fully saturated rings. The molecule has 0 aliphatic carbocycles. The number of tetrazole rings is 1. The number of thioether (sulfide) groups is 1. The number of carbonyl (C=O) groups is 1. The van der Waals surface area contributed by atoms with Crippen LogP contribution in [-0.4, -0.2) is 70.0 Å². The number of rotatable bonds is 5. The van der Waals surface area contributed by atoms with Crippen LogP contribution in [0.15, 0.2) is 28.1 Å². The second kappa shape index (κ2) is 6.55. The Bertz CT molecular complexity index is 875. The minimum absolute atomic E-state index is 0.0235. The third-order valence-electron chi connectivity index (χ3n) is 3.70. The van der Waals surface area contributed by atoms with Crippen LogP contribution in [0.1, 0.15) is 11.8 Å². The number of nitrogens with zero attached hydrogens (tertiary/aromatic N) is 9. The summed E-state index contributed by atoms with van der Waals surface area (Å²) in [6.07, 6.45) is 3.23. The van der Waals surface area contributed by atoms with Crippen molar-refractivity contribution in [3.05, 3.63) is 24.4 Å². The molecule has 4 rings (SSSR count). The van der Waals surface area contributed by atoms with Crippen LogP contribution < -0.4 is 0 Å². The molecule has 11 nitrogen and oxygen atoms in total. The van der Waals surface area contributed by atoms with Crippen molar-refractivity contribution in [1.82, 2.24) is 45.2 Å². The Kier molecular flexibility index (Phi) is 4.09. The van der Waals surface area contributed by atoms with Crippen LogP contribution in [0.5, 0.6) is 0 Å². The molecule has 3 aromatic rings. The summed E-state index contributed by atoms with van der Waals surface area (Å²) in [5, 5.41) is 15.6. The lowest BCUT2D eigenvalue weighted by Crippen LogP contribution is -2.49. The first-order valence-electron chi connectivity index (χ1n) is 7.44. The lowest BCUT2D eigenvalue weighted by molar-refractivity contribution is -0.133. The molecule has 0 atom stereocenters. The summed E-state index contributed by atoms with van der Waals surface area (Å²) in [4.78, 5) is 26.4. The van der Waals surface area contributed by atoms with Gasteiger partial charge in [-0.3, -0.25) is 4.79 Å². The maximum Gasteiger partial charge on any atom is 0.240 e. The van der Waals surface area contributed by atoms with Crippen LogP contribution in [0.4, 0.5) is 0 Å². The zero-order chi connectivity index (χ0) is 17.2. The highest BCUT2D eigenvalue weighted by molar-refractivity contribution is 7.99. The van der Waals surface area contributed by atoms with Crippen molar-refractivity contribution in [3.8, 4) is 11.6 Å². The number of likely N-dealkylation sites (tertiary alicyclic amines) is 1. The van der Waals surface area contributed by atoms with E-state index in [9.17, 15) is 4.79 Å². The van der Waals surface area contributed by atoms with Gasteiger partial charge in [-0.05, 0) is 16.5 Å². The third kappa shape index (κ3) is 3.20. The van der Waals surface area contributed by atoms with E-state index in [1.807, 2.05) is 0 Å². The predicted octanol–water partition coefficient (Wildman–Crippen LogP) is -0.232. The molecule has 1 amide bonds. The summed E-state index contributed by atoms with van der Waals surface area (Å²) < 4.78 is 6.80. The topological polar surface area (TPSA) is 129 Å². The Balaban J connectivity index is 1.31.